The molecule has 23 heavy (non-hydrogen) atoms. The Hall–Kier alpha value is -1.79. The van der Waals surface area contributed by atoms with E-state index >= 15 is 0 Å². The van der Waals surface area contributed by atoms with Crippen molar-refractivity contribution in [1.82, 2.24) is 9.80 Å². The van der Waals surface area contributed by atoms with Gasteiger partial charge in [-0.25, -0.2) is 4.79 Å². The monoisotopic (exact) mass is 338 g/mol. The summed E-state index contributed by atoms with van der Waals surface area (Å²) in [4.78, 5) is 26.4. The molecule has 0 bridgehead atoms. The van der Waals surface area contributed by atoms with Crippen LogP contribution in [-0.4, -0.2) is 53.2 Å². The molecule has 0 aliphatic carbocycles. The minimum Gasteiger partial charge on any atom is -0.465 e. The Morgan fingerprint density at radius 1 is 1.35 bits per heavy atom. The van der Waals surface area contributed by atoms with Gasteiger partial charge in [-0.05, 0) is 35.2 Å². The third-order valence-corrected chi connectivity index (χ3v) is 4.74. The summed E-state index contributed by atoms with van der Waals surface area (Å²) in [5.74, 6) is 0.0199. The van der Waals surface area contributed by atoms with Crippen LogP contribution >= 0.6 is 11.6 Å². The van der Waals surface area contributed by atoms with Gasteiger partial charge in [-0.2, -0.15) is 0 Å². The maximum Gasteiger partial charge on any atom is 0.407 e. The Bertz CT molecular complexity index is 649. The van der Waals surface area contributed by atoms with Gasteiger partial charge in [0.25, 0.3) is 0 Å². The number of fused-ring (bicyclic) bond motifs is 1. The number of carbonyl (C=O) groups is 2. The summed E-state index contributed by atoms with van der Waals surface area (Å²) >= 11 is 6.24. The standard InChI is InChI=1S/C16H19ClN2O4/c1-10(20)18-3-2-11-6-12(17)7-13(14(11)8-18)15-9-23-5-4-19(15)16(21)22/h6-7,15H,2-5,8-9H2,1H3,(H,21,22)/t15-/m1/s1. The number of benzene rings is 1. The van der Waals surface area contributed by atoms with Gasteiger partial charge >= 0.3 is 6.09 Å². The van der Waals surface area contributed by atoms with E-state index in [2.05, 4.69) is 0 Å². The van der Waals surface area contributed by atoms with Crippen molar-refractivity contribution in [2.24, 2.45) is 0 Å². The first-order valence-corrected chi connectivity index (χ1v) is 7.99. The van der Waals surface area contributed by atoms with Crippen LogP contribution in [0.2, 0.25) is 5.02 Å². The van der Waals surface area contributed by atoms with Crippen LogP contribution in [0.5, 0.6) is 0 Å². The third kappa shape index (κ3) is 3.14. The second kappa shape index (κ2) is 6.37. The number of hydrogen-bond acceptors (Lipinski definition) is 3. The number of rotatable bonds is 1. The SMILES string of the molecule is CC(=O)N1CCc2cc(Cl)cc([C@H]3COCCN3C(=O)O)c2C1. The summed E-state index contributed by atoms with van der Waals surface area (Å²) < 4.78 is 5.49. The topological polar surface area (TPSA) is 70.1 Å². The first-order valence-electron chi connectivity index (χ1n) is 7.61. The fourth-order valence-electron chi connectivity index (χ4n) is 3.31. The van der Waals surface area contributed by atoms with Crippen molar-refractivity contribution in [3.63, 3.8) is 0 Å². The van der Waals surface area contributed by atoms with Gasteiger partial charge in [0.05, 0.1) is 19.3 Å². The van der Waals surface area contributed by atoms with Crippen LogP contribution in [0.3, 0.4) is 0 Å². The first kappa shape index (κ1) is 16.1. The van der Waals surface area contributed by atoms with Crippen molar-refractivity contribution in [1.29, 1.82) is 0 Å². The molecule has 0 aromatic heterocycles. The van der Waals surface area contributed by atoms with Crippen LogP contribution in [0.25, 0.3) is 0 Å². The first-order chi connectivity index (χ1) is 11.0. The maximum atomic E-state index is 11.7. The van der Waals surface area contributed by atoms with E-state index in [1.165, 1.54) is 4.90 Å². The molecule has 2 aliphatic rings. The zero-order valence-electron chi connectivity index (χ0n) is 12.9. The molecule has 1 aromatic rings. The minimum atomic E-state index is -0.966. The van der Waals surface area contributed by atoms with Crippen LogP contribution in [0.4, 0.5) is 4.79 Å². The molecule has 2 amide bonds. The molecule has 0 spiro atoms. The fraction of sp³-hybridized carbons (Fsp3) is 0.500. The summed E-state index contributed by atoms with van der Waals surface area (Å²) in [6, 6.07) is 3.33. The van der Waals surface area contributed by atoms with Gasteiger partial charge in [-0.15, -0.1) is 0 Å². The lowest BCUT2D eigenvalue weighted by atomic mass is 9.90. The number of carbonyl (C=O) groups excluding carboxylic acids is 1. The van der Waals surface area contributed by atoms with Crippen molar-refractivity contribution < 1.29 is 19.4 Å². The van der Waals surface area contributed by atoms with E-state index in [-0.39, 0.29) is 11.9 Å². The summed E-state index contributed by atoms with van der Waals surface area (Å²) in [7, 11) is 0. The van der Waals surface area contributed by atoms with Crippen molar-refractivity contribution in [3.05, 3.63) is 33.8 Å². The highest BCUT2D eigenvalue weighted by Gasteiger charge is 2.32. The van der Waals surface area contributed by atoms with Crippen molar-refractivity contribution in [3.8, 4) is 0 Å². The van der Waals surface area contributed by atoms with Crippen molar-refractivity contribution in [2.45, 2.75) is 25.9 Å². The van der Waals surface area contributed by atoms with E-state index in [9.17, 15) is 14.7 Å². The number of ether oxygens (including phenoxy) is 1. The second-order valence-electron chi connectivity index (χ2n) is 5.89. The Balaban J connectivity index is 2.03. The number of amides is 2. The molecule has 0 unspecified atom stereocenters. The lowest BCUT2D eigenvalue weighted by Gasteiger charge is -2.37. The normalized spacial score (nSPS) is 21.0. The molecule has 1 fully saturated rings. The number of morpholine rings is 1. The molecular formula is C16H19ClN2O4. The van der Waals surface area contributed by atoms with Gasteiger partial charge in [0.2, 0.25) is 5.91 Å². The van der Waals surface area contributed by atoms with Crippen LogP contribution in [0, 0.1) is 0 Å². The predicted molar refractivity (Wildman–Crippen MR) is 84.5 cm³/mol. The molecular weight excluding hydrogens is 320 g/mol. The smallest absolute Gasteiger partial charge is 0.407 e. The molecule has 1 saturated heterocycles. The molecule has 3 rings (SSSR count). The van der Waals surface area contributed by atoms with E-state index in [1.807, 2.05) is 6.07 Å². The summed E-state index contributed by atoms with van der Waals surface area (Å²) in [6.07, 6.45) is -0.241. The fourth-order valence-corrected chi connectivity index (χ4v) is 3.56. The molecule has 6 nitrogen and oxygen atoms in total. The van der Waals surface area contributed by atoms with Gasteiger partial charge in [-0.3, -0.25) is 9.69 Å². The molecule has 2 heterocycles. The average molecular weight is 339 g/mol. The highest BCUT2D eigenvalue weighted by atomic mass is 35.5. The number of hydrogen-bond donors (Lipinski definition) is 1. The number of halogens is 1. The van der Waals surface area contributed by atoms with E-state index in [4.69, 9.17) is 16.3 Å². The number of carboxylic acid groups (broad SMARTS) is 1. The Morgan fingerprint density at radius 2 is 2.13 bits per heavy atom. The highest BCUT2D eigenvalue weighted by Crippen LogP contribution is 2.34. The second-order valence-corrected chi connectivity index (χ2v) is 6.33. The lowest BCUT2D eigenvalue weighted by Crippen LogP contribution is -2.44. The van der Waals surface area contributed by atoms with Gasteiger partial charge in [0.15, 0.2) is 0 Å². The molecule has 1 atom stereocenters. The summed E-state index contributed by atoms with van der Waals surface area (Å²) in [5.41, 5.74) is 2.93. The quantitative estimate of drug-likeness (QED) is 0.853. The summed E-state index contributed by atoms with van der Waals surface area (Å²) in [5, 5.41) is 10.0. The maximum absolute atomic E-state index is 11.7. The van der Waals surface area contributed by atoms with Crippen LogP contribution in [0.1, 0.15) is 29.7 Å². The van der Waals surface area contributed by atoms with Crippen LogP contribution in [-0.2, 0) is 22.5 Å². The molecule has 1 aromatic carbocycles. The Morgan fingerprint density at radius 3 is 2.83 bits per heavy atom. The third-order valence-electron chi connectivity index (χ3n) is 4.52. The highest BCUT2D eigenvalue weighted by molar-refractivity contribution is 6.30. The van der Waals surface area contributed by atoms with Gasteiger partial charge in [0.1, 0.15) is 0 Å². The van der Waals surface area contributed by atoms with E-state index in [0.717, 1.165) is 23.1 Å². The Kier molecular flexibility index (Phi) is 4.46. The lowest BCUT2D eigenvalue weighted by molar-refractivity contribution is -0.129. The van der Waals surface area contributed by atoms with Crippen LogP contribution in [0.15, 0.2) is 12.1 Å². The van der Waals surface area contributed by atoms with Gasteiger partial charge in [-0.1, -0.05) is 11.6 Å². The zero-order valence-corrected chi connectivity index (χ0v) is 13.7. The average Bonchev–Trinajstić information content (AvgIpc) is 2.53. The molecule has 0 saturated carbocycles. The van der Waals surface area contributed by atoms with Gasteiger partial charge in [0, 0.05) is 31.6 Å². The molecule has 2 aliphatic heterocycles. The minimum absolute atomic E-state index is 0.0199. The van der Waals surface area contributed by atoms with Crippen LogP contribution < -0.4 is 0 Å². The number of nitrogens with zero attached hydrogens (tertiary/aromatic N) is 2. The van der Waals surface area contributed by atoms with E-state index < -0.39 is 6.09 Å². The van der Waals surface area contributed by atoms with Crippen molar-refractivity contribution in [2.75, 3.05) is 26.3 Å². The molecule has 7 heteroatoms. The molecule has 1 N–H and O–H groups in total. The Labute approximate surface area is 139 Å². The zero-order chi connectivity index (χ0) is 16.6. The van der Waals surface area contributed by atoms with Gasteiger partial charge < -0.3 is 14.7 Å². The van der Waals surface area contributed by atoms with E-state index in [0.29, 0.717) is 37.9 Å². The predicted octanol–water partition coefficient (Wildman–Crippen LogP) is 2.30. The van der Waals surface area contributed by atoms with Crippen molar-refractivity contribution >= 4 is 23.6 Å². The summed E-state index contributed by atoms with van der Waals surface area (Å²) in [6.45, 7) is 3.73. The largest absolute Gasteiger partial charge is 0.465 e. The molecule has 0 radical (unpaired) electrons. The molecule has 124 valence electrons. The van der Waals surface area contributed by atoms with E-state index in [1.54, 1.807) is 17.9 Å².